The third-order valence-electron chi connectivity index (χ3n) is 3.80. The molecule has 122 valence electrons. The molecule has 0 radical (unpaired) electrons. The Kier molecular flexibility index (Phi) is 3.54. The van der Waals surface area contributed by atoms with Gasteiger partial charge in [0.25, 0.3) is 5.88 Å². The molecule has 0 bridgehead atoms. The van der Waals surface area contributed by atoms with Crippen molar-refractivity contribution in [1.29, 1.82) is 0 Å². The van der Waals surface area contributed by atoms with Crippen LogP contribution in [-0.4, -0.2) is 22.7 Å². The highest BCUT2D eigenvalue weighted by atomic mass is 35.5. The summed E-state index contributed by atoms with van der Waals surface area (Å²) in [4.78, 5) is 18.8. The Bertz CT molecular complexity index is 952. The van der Waals surface area contributed by atoms with Crippen molar-refractivity contribution in [1.82, 2.24) is 15.3 Å². The van der Waals surface area contributed by atoms with Crippen molar-refractivity contribution in [3.63, 3.8) is 0 Å². The Morgan fingerprint density at radius 1 is 1.33 bits per heavy atom. The van der Waals surface area contributed by atoms with Gasteiger partial charge in [-0.3, -0.25) is 4.79 Å². The van der Waals surface area contributed by atoms with Gasteiger partial charge in [-0.2, -0.15) is 0 Å². The number of nitrogens with zero attached hydrogens (tertiary/aromatic N) is 1. The lowest BCUT2D eigenvalue weighted by atomic mass is 10.1. The molecule has 2 aromatic heterocycles. The fraction of sp³-hybridized carbons (Fsp3) is 0.176. The number of rotatable bonds is 3. The van der Waals surface area contributed by atoms with Crippen LogP contribution in [-0.2, 0) is 11.3 Å². The highest BCUT2D eigenvalue weighted by molar-refractivity contribution is 6.34. The van der Waals surface area contributed by atoms with E-state index in [9.17, 15) is 4.79 Å². The Morgan fingerprint density at radius 2 is 2.21 bits per heavy atom. The first-order valence-corrected chi connectivity index (χ1v) is 7.80. The average Bonchev–Trinajstić information content (AvgIpc) is 3.17. The van der Waals surface area contributed by atoms with Crippen molar-refractivity contribution < 1.29 is 14.3 Å². The number of halogens is 1. The summed E-state index contributed by atoms with van der Waals surface area (Å²) >= 11 is 6.43. The van der Waals surface area contributed by atoms with E-state index in [2.05, 4.69) is 15.3 Å². The third-order valence-corrected chi connectivity index (χ3v) is 4.12. The average molecular weight is 344 g/mol. The van der Waals surface area contributed by atoms with E-state index >= 15 is 0 Å². The molecule has 3 aromatic rings. The fourth-order valence-corrected chi connectivity index (χ4v) is 2.93. The van der Waals surface area contributed by atoms with Crippen molar-refractivity contribution in [2.75, 3.05) is 6.79 Å². The van der Waals surface area contributed by atoms with E-state index in [0.29, 0.717) is 28.9 Å². The zero-order chi connectivity index (χ0) is 16.7. The predicted molar refractivity (Wildman–Crippen MR) is 90.2 cm³/mol. The number of ether oxygens (including phenoxy) is 2. The van der Waals surface area contributed by atoms with Gasteiger partial charge in [0.1, 0.15) is 0 Å². The van der Waals surface area contributed by atoms with E-state index in [4.69, 9.17) is 21.1 Å². The maximum Gasteiger partial charge on any atom is 0.260 e. The minimum absolute atomic E-state index is 0.0723. The van der Waals surface area contributed by atoms with E-state index in [0.717, 1.165) is 22.2 Å². The molecule has 0 aliphatic carbocycles. The number of hydrogen-bond acceptors (Lipinski definition) is 4. The molecule has 2 N–H and O–H groups in total. The quantitative estimate of drug-likeness (QED) is 0.765. The van der Waals surface area contributed by atoms with Crippen molar-refractivity contribution in [2.24, 2.45) is 0 Å². The number of nitrogens with one attached hydrogen (secondary N) is 2. The summed E-state index contributed by atoms with van der Waals surface area (Å²) in [7, 11) is 0. The van der Waals surface area contributed by atoms with E-state index in [1.165, 1.54) is 6.92 Å². The number of carbonyl (C=O) groups excluding carboxylic acids is 1. The number of hydrogen-bond donors (Lipinski definition) is 2. The lowest BCUT2D eigenvalue weighted by molar-refractivity contribution is -0.119. The van der Waals surface area contributed by atoms with Crippen molar-refractivity contribution in [2.45, 2.75) is 13.5 Å². The van der Waals surface area contributed by atoms with E-state index in [-0.39, 0.29) is 12.7 Å². The number of H-pyrrole nitrogens is 1. The van der Waals surface area contributed by atoms with Gasteiger partial charge in [0.05, 0.1) is 17.3 Å². The molecule has 4 rings (SSSR count). The second kappa shape index (κ2) is 5.72. The summed E-state index contributed by atoms with van der Waals surface area (Å²) < 4.78 is 10.6. The second-order valence-corrected chi connectivity index (χ2v) is 5.94. The molecule has 1 aliphatic heterocycles. The first kappa shape index (κ1) is 14.8. The minimum atomic E-state index is -0.0723. The van der Waals surface area contributed by atoms with Crippen LogP contribution >= 0.6 is 11.6 Å². The van der Waals surface area contributed by atoms with Crippen LogP contribution in [0.15, 0.2) is 30.3 Å². The van der Waals surface area contributed by atoms with Crippen LogP contribution in [0, 0.1) is 0 Å². The SMILES string of the molecule is CC(=O)NCc1cc2cc(Cl)c(-c3ccc4c(n3)OCO4)cc2[nH]1. The van der Waals surface area contributed by atoms with E-state index in [1.807, 2.05) is 30.3 Å². The van der Waals surface area contributed by atoms with Crippen LogP contribution in [0.4, 0.5) is 0 Å². The number of aromatic nitrogens is 2. The smallest absolute Gasteiger partial charge is 0.260 e. The maximum atomic E-state index is 11.0. The number of aromatic amines is 1. The van der Waals surface area contributed by atoms with Gasteiger partial charge in [-0.25, -0.2) is 4.98 Å². The molecule has 0 saturated carbocycles. The summed E-state index contributed by atoms with van der Waals surface area (Å²) in [6.45, 7) is 2.11. The van der Waals surface area contributed by atoms with Crippen LogP contribution in [0.3, 0.4) is 0 Å². The normalized spacial score (nSPS) is 12.6. The van der Waals surface area contributed by atoms with Crippen molar-refractivity contribution >= 4 is 28.4 Å². The molecule has 6 nitrogen and oxygen atoms in total. The van der Waals surface area contributed by atoms with Gasteiger partial charge in [0, 0.05) is 29.1 Å². The Hall–Kier alpha value is -2.73. The first-order valence-electron chi connectivity index (χ1n) is 7.43. The predicted octanol–water partition coefficient (Wildman–Crippen LogP) is 3.25. The molecule has 1 amide bonds. The molecular weight excluding hydrogens is 330 g/mol. The molecule has 0 atom stereocenters. The summed E-state index contributed by atoms with van der Waals surface area (Å²) in [5.74, 6) is 1.03. The fourth-order valence-electron chi connectivity index (χ4n) is 2.66. The first-order chi connectivity index (χ1) is 11.6. The third kappa shape index (κ3) is 2.65. The lowest BCUT2D eigenvalue weighted by Crippen LogP contribution is -2.18. The molecule has 7 heteroatoms. The van der Waals surface area contributed by atoms with E-state index in [1.54, 1.807) is 0 Å². The number of amides is 1. The Labute approximate surface area is 142 Å². The van der Waals surface area contributed by atoms with Crippen LogP contribution in [0.1, 0.15) is 12.6 Å². The van der Waals surface area contributed by atoms with Crippen LogP contribution in [0.2, 0.25) is 5.02 Å². The van der Waals surface area contributed by atoms with Gasteiger partial charge in [-0.15, -0.1) is 0 Å². The van der Waals surface area contributed by atoms with Gasteiger partial charge in [-0.1, -0.05) is 11.6 Å². The molecule has 1 aliphatic rings. The summed E-state index contributed by atoms with van der Waals surface area (Å²) in [6.07, 6.45) is 0. The number of pyridine rings is 1. The van der Waals surface area contributed by atoms with Gasteiger partial charge in [-0.05, 0) is 30.3 Å². The minimum Gasteiger partial charge on any atom is -0.452 e. The molecule has 0 unspecified atom stereocenters. The highest BCUT2D eigenvalue weighted by Crippen LogP contribution is 2.36. The molecule has 0 saturated heterocycles. The maximum absolute atomic E-state index is 11.0. The monoisotopic (exact) mass is 343 g/mol. The number of benzene rings is 1. The number of carbonyl (C=O) groups is 1. The topological polar surface area (TPSA) is 76.2 Å². The lowest BCUT2D eigenvalue weighted by Gasteiger charge is -2.05. The highest BCUT2D eigenvalue weighted by Gasteiger charge is 2.17. The van der Waals surface area contributed by atoms with Gasteiger partial charge < -0.3 is 19.8 Å². The Balaban J connectivity index is 1.73. The molecule has 0 fully saturated rings. The van der Waals surface area contributed by atoms with Crippen LogP contribution in [0.25, 0.3) is 22.2 Å². The Morgan fingerprint density at radius 3 is 3.04 bits per heavy atom. The summed E-state index contributed by atoms with van der Waals surface area (Å²) in [5.41, 5.74) is 3.35. The van der Waals surface area contributed by atoms with Gasteiger partial charge in [0.15, 0.2) is 5.75 Å². The largest absolute Gasteiger partial charge is 0.452 e. The second-order valence-electron chi connectivity index (χ2n) is 5.53. The zero-order valence-corrected chi connectivity index (χ0v) is 13.6. The standard InChI is InChI=1S/C17H14ClN3O3/c1-9(22)19-7-11-4-10-5-13(18)12(6-15(10)20-11)14-2-3-16-17(21-14)24-8-23-16/h2-6,20H,7-8H2,1H3,(H,19,22). The summed E-state index contributed by atoms with van der Waals surface area (Å²) in [6, 6.07) is 9.46. The summed E-state index contributed by atoms with van der Waals surface area (Å²) in [5, 5.41) is 4.34. The van der Waals surface area contributed by atoms with E-state index < -0.39 is 0 Å². The van der Waals surface area contributed by atoms with Crippen LogP contribution < -0.4 is 14.8 Å². The van der Waals surface area contributed by atoms with Gasteiger partial charge in [0.2, 0.25) is 12.7 Å². The molecule has 1 aromatic carbocycles. The molecule has 0 spiro atoms. The zero-order valence-electron chi connectivity index (χ0n) is 12.9. The number of fused-ring (bicyclic) bond motifs is 2. The molecule has 24 heavy (non-hydrogen) atoms. The van der Waals surface area contributed by atoms with Crippen LogP contribution in [0.5, 0.6) is 11.6 Å². The van der Waals surface area contributed by atoms with Crippen molar-refractivity contribution in [3.05, 3.63) is 41.0 Å². The molecule has 3 heterocycles. The van der Waals surface area contributed by atoms with Gasteiger partial charge >= 0.3 is 0 Å². The van der Waals surface area contributed by atoms with Crippen molar-refractivity contribution in [3.8, 4) is 22.9 Å². The molecular formula is C17H14ClN3O3.